The van der Waals surface area contributed by atoms with Gasteiger partial charge >= 0.3 is 12.6 Å². The monoisotopic (exact) mass is 283 g/mol. The lowest BCUT2D eigenvalue weighted by molar-refractivity contribution is -0.142. The molecular weight excluding hydrogens is 272 g/mol. The van der Waals surface area contributed by atoms with Crippen LogP contribution in [0, 0.1) is 11.3 Å². The minimum Gasteiger partial charge on any atom is -0.466 e. The largest absolute Gasteiger partial charge is 0.466 e. The van der Waals surface area contributed by atoms with Crippen molar-refractivity contribution >= 4 is 12.3 Å². The van der Waals surface area contributed by atoms with Crippen molar-refractivity contribution < 1.29 is 27.8 Å². The summed E-state index contributed by atoms with van der Waals surface area (Å²) in [5, 5.41) is 8.82. The number of benzene rings is 1. The van der Waals surface area contributed by atoms with Gasteiger partial charge in [0.25, 0.3) is 0 Å². The van der Waals surface area contributed by atoms with Crippen LogP contribution in [0.2, 0.25) is 0 Å². The molecule has 0 amide bonds. The highest BCUT2D eigenvalue weighted by atomic mass is 19.3. The van der Waals surface area contributed by atoms with Gasteiger partial charge in [0.2, 0.25) is 0 Å². The molecule has 106 valence electrons. The number of halogens is 2. The van der Waals surface area contributed by atoms with Crippen molar-refractivity contribution in [1.29, 1.82) is 5.26 Å². The third-order valence-electron chi connectivity index (χ3n) is 2.34. The van der Waals surface area contributed by atoms with E-state index in [1.54, 1.807) is 13.0 Å². The second-order valence-electron chi connectivity index (χ2n) is 3.64. The number of aldehydes is 1. The number of hydrogen-bond donors (Lipinski definition) is 0. The van der Waals surface area contributed by atoms with E-state index >= 15 is 0 Å². The molecule has 0 atom stereocenters. The molecule has 1 aromatic carbocycles. The maximum absolute atomic E-state index is 12.3. The fourth-order valence-corrected chi connectivity index (χ4v) is 1.55. The molecule has 0 aromatic heterocycles. The molecule has 0 aliphatic heterocycles. The van der Waals surface area contributed by atoms with Crippen molar-refractivity contribution in [3.05, 3.63) is 28.8 Å². The van der Waals surface area contributed by atoms with Gasteiger partial charge in [-0.15, -0.1) is 0 Å². The smallest absolute Gasteiger partial charge is 0.387 e. The molecule has 1 rings (SSSR count). The maximum atomic E-state index is 12.3. The van der Waals surface area contributed by atoms with Crippen LogP contribution in [-0.2, 0) is 16.0 Å². The summed E-state index contributed by atoms with van der Waals surface area (Å²) in [6, 6.07) is 3.86. The predicted octanol–water partition coefficient (Wildman–Crippen LogP) is 2.08. The summed E-state index contributed by atoms with van der Waals surface area (Å²) in [6.07, 6.45) is 0.0712. The van der Waals surface area contributed by atoms with Gasteiger partial charge in [0.15, 0.2) is 6.29 Å². The number of esters is 1. The fraction of sp³-hybridized carbons (Fsp3) is 0.308. The molecule has 7 heteroatoms. The number of nitriles is 1. The number of nitrogens with zero attached hydrogens (tertiary/aromatic N) is 1. The Morgan fingerprint density at radius 3 is 2.70 bits per heavy atom. The lowest BCUT2D eigenvalue weighted by Crippen LogP contribution is -2.11. The summed E-state index contributed by atoms with van der Waals surface area (Å²) in [4.78, 5) is 22.2. The zero-order valence-electron chi connectivity index (χ0n) is 10.6. The molecule has 5 nitrogen and oxygen atoms in total. The van der Waals surface area contributed by atoms with E-state index in [9.17, 15) is 18.4 Å². The number of alkyl halides is 2. The summed E-state index contributed by atoms with van der Waals surface area (Å²) in [5.74, 6) is -0.969. The molecule has 0 unspecified atom stereocenters. The van der Waals surface area contributed by atoms with Crippen LogP contribution in [0.1, 0.15) is 28.4 Å². The van der Waals surface area contributed by atoms with E-state index < -0.39 is 12.6 Å². The number of ether oxygens (including phenoxy) is 2. The summed E-state index contributed by atoms with van der Waals surface area (Å²) < 4.78 is 33.6. The topological polar surface area (TPSA) is 76.4 Å². The van der Waals surface area contributed by atoms with Crippen molar-refractivity contribution in [3.8, 4) is 11.8 Å². The van der Waals surface area contributed by atoms with Crippen LogP contribution in [0.3, 0.4) is 0 Å². The van der Waals surface area contributed by atoms with Gasteiger partial charge in [-0.1, -0.05) is 0 Å². The van der Waals surface area contributed by atoms with E-state index in [4.69, 9.17) is 10.00 Å². The fourth-order valence-electron chi connectivity index (χ4n) is 1.55. The first-order valence-electron chi connectivity index (χ1n) is 5.64. The number of carbonyl (C=O) groups excluding carboxylic acids is 2. The van der Waals surface area contributed by atoms with Gasteiger partial charge in [-0.05, 0) is 19.1 Å². The molecule has 0 saturated heterocycles. The van der Waals surface area contributed by atoms with Crippen LogP contribution >= 0.6 is 0 Å². The van der Waals surface area contributed by atoms with Gasteiger partial charge in [0.05, 0.1) is 18.6 Å². The van der Waals surface area contributed by atoms with Gasteiger partial charge in [0, 0.05) is 11.1 Å². The molecule has 0 N–H and O–H groups in total. The Labute approximate surface area is 113 Å². The van der Waals surface area contributed by atoms with E-state index in [-0.39, 0.29) is 35.5 Å². The Bertz CT molecular complexity index is 552. The molecular formula is C13H11F2NO4. The Morgan fingerprint density at radius 2 is 2.20 bits per heavy atom. The van der Waals surface area contributed by atoms with Crippen LogP contribution in [0.25, 0.3) is 0 Å². The first-order chi connectivity index (χ1) is 9.51. The van der Waals surface area contributed by atoms with Crippen molar-refractivity contribution in [2.75, 3.05) is 6.61 Å². The van der Waals surface area contributed by atoms with Gasteiger partial charge in [-0.3, -0.25) is 9.59 Å². The van der Waals surface area contributed by atoms with Gasteiger partial charge in [-0.2, -0.15) is 14.0 Å². The molecule has 0 bridgehead atoms. The Morgan fingerprint density at radius 1 is 1.50 bits per heavy atom. The highest BCUT2D eigenvalue weighted by Crippen LogP contribution is 2.25. The quantitative estimate of drug-likeness (QED) is 0.590. The van der Waals surface area contributed by atoms with E-state index in [0.29, 0.717) is 6.29 Å². The summed E-state index contributed by atoms with van der Waals surface area (Å²) >= 11 is 0. The van der Waals surface area contributed by atoms with E-state index in [2.05, 4.69) is 4.74 Å². The van der Waals surface area contributed by atoms with Gasteiger partial charge in [0.1, 0.15) is 11.8 Å². The standard InChI is InChI=1S/C13H11F2NO4/c1-2-19-12(18)5-8-3-10(7-17)9(6-16)4-11(8)20-13(14)15/h3-4,7,13H,2,5H2,1H3. The van der Waals surface area contributed by atoms with Crippen LogP contribution in [0.5, 0.6) is 5.75 Å². The van der Waals surface area contributed by atoms with E-state index in [0.717, 1.165) is 6.07 Å². The van der Waals surface area contributed by atoms with Crippen molar-refractivity contribution in [3.63, 3.8) is 0 Å². The third kappa shape index (κ3) is 4.02. The second-order valence-corrected chi connectivity index (χ2v) is 3.64. The summed E-state index contributed by atoms with van der Waals surface area (Å²) in [7, 11) is 0. The average Bonchev–Trinajstić information content (AvgIpc) is 2.39. The van der Waals surface area contributed by atoms with Crippen molar-refractivity contribution in [2.45, 2.75) is 20.0 Å². The molecule has 0 spiro atoms. The minimum atomic E-state index is -3.11. The van der Waals surface area contributed by atoms with Crippen molar-refractivity contribution in [1.82, 2.24) is 0 Å². The molecule has 0 heterocycles. The molecule has 0 fully saturated rings. The van der Waals surface area contributed by atoms with Crippen LogP contribution in [0.15, 0.2) is 12.1 Å². The molecule has 0 radical (unpaired) electrons. The molecule has 1 aromatic rings. The van der Waals surface area contributed by atoms with Gasteiger partial charge in [-0.25, -0.2) is 0 Å². The van der Waals surface area contributed by atoms with Crippen molar-refractivity contribution in [2.24, 2.45) is 0 Å². The first kappa shape index (κ1) is 15.6. The Balaban J connectivity index is 3.20. The van der Waals surface area contributed by atoms with E-state index in [1.165, 1.54) is 6.07 Å². The van der Waals surface area contributed by atoms with Crippen LogP contribution in [-0.4, -0.2) is 25.5 Å². The minimum absolute atomic E-state index is 0.00610. The maximum Gasteiger partial charge on any atom is 0.387 e. The summed E-state index contributed by atoms with van der Waals surface area (Å²) in [6.45, 7) is -1.37. The highest BCUT2D eigenvalue weighted by molar-refractivity contribution is 5.82. The Hall–Kier alpha value is -2.49. The molecule has 0 aliphatic rings. The Kier molecular flexibility index (Phi) is 5.59. The molecule has 20 heavy (non-hydrogen) atoms. The highest BCUT2D eigenvalue weighted by Gasteiger charge is 2.17. The first-order valence-corrected chi connectivity index (χ1v) is 5.64. The predicted molar refractivity (Wildman–Crippen MR) is 63.5 cm³/mol. The number of rotatable bonds is 6. The average molecular weight is 283 g/mol. The van der Waals surface area contributed by atoms with E-state index in [1.807, 2.05) is 0 Å². The molecule has 0 saturated carbocycles. The lowest BCUT2D eigenvalue weighted by Gasteiger charge is -2.12. The second kappa shape index (κ2) is 7.19. The van der Waals surface area contributed by atoms with Gasteiger partial charge < -0.3 is 9.47 Å². The lowest BCUT2D eigenvalue weighted by atomic mass is 10.0. The number of hydrogen-bond acceptors (Lipinski definition) is 5. The number of carbonyl (C=O) groups is 2. The molecule has 0 aliphatic carbocycles. The zero-order valence-corrected chi connectivity index (χ0v) is 10.6. The summed E-state index contributed by atoms with van der Waals surface area (Å²) in [5.41, 5.74) is -0.0541. The zero-order chi connectivity index (χ0) is 15.1. The van der Waals surface area contributed by atoms with Crippen LogP contribution < -0.4 is 4.74 Å². The third-order valence-corrected chi connectivity index (χ3v) is 2.34. The SMILES string of the molecule is CCOC(=O)Cc1cc(C=O)c(C#N)cc1OC(F)F. The normalized spacial score (nSPS) is 9.95. The van der Waals surface area contributed by atoms with Crippen LogP contribution in [0.4, 0.5) is 8.78 Å².